The summed E-state index contributed by atoms with van der Waals surface area (Å²) in [6, 6.07) is 0. The number of aliphatic hydroxyl groups excluding tert-OH is 3. The van der Waals surface area contributed by atoms with E-state index in [9.17, 15) is 0 Å². The summed E-state index contributed by atoms with van der Waals surface area (Å²) in [6.45, 7) is -0.872. The molecule has 10 heavy (non-hydrogen) atoms. The van der Waals surface area contributed by atoms with Crippen molar-refractivity contribution in [1.82, 2.24) is 0 Å². The predicted molar refractivity (Wildman–Crippen MR) is 30.0 cm³/mol. The van der Waals surface area contributed by atoms with Gasteiger partial charge in [-0.15, -0.1) is 0 Å². The molecule has 0 aromatic heterocycles. The number of ether oxygens (including phenoxy) is 1. The highest BCUT2D eigenvalue weighted by molar-refractivity contribution is 4.88. The minimum atomic E-state index is -1.97. The van der Waals surface area contributed by atoms with Crippen LogP contribution in [0, 0.1) is 0 Å². The molecule has 2 unspecified atom stereocenters. The lowest BCUT2D eigenvalue weighted by Crippen LogP contribution is -2.46. The van der Waals surface area contributed by atoms with E-state index in [1.807, 2.05) is 0 Å². The maximum absolute atomic E-state index is 9.06. The highest BCUT2D eigenvalue weighted by Gasteiger charge is 2.47. The first-order valence-electron chi connectivity index (χ1n) is 2.93. The topological polar surface area (TPSA) is 90.2 Å². The third-order valence-electron chi connectivity index (χ3n) is 1.56. The number of hydrogen-bond acceptors (Lipinski definition) is 5. The highest BCUT2D eigenvalue weighted by atomic mass is 16.7. The van der Waals surface area contributed by atoms with Crippen molar-refractivity contribution < 1.29 is 25.2 Å². The Morgan fingerprint density at radius 3 is 2.30 bits per heavy atom. The lowest BCUT2D eigenvalue weighted by molar-refractivity contribution is -0.234. The summed E-state index contributed by atoms with van der Waals surface area (Å²) < 4.78 is 4.52. The first kappa shape index (κ1) is 7.90. The minimum Gasteiger partial charge on any atom is -0.391 e. The average Bonchev–Trinajstić information content (AvgIpc) is 2.19. The lowest BCUT2D eigenvalue weighted by Gasteiger charge is -2.22. The molecule has 60 valence electrons. The molecule has 0 amide bonds. The smallest absolute Gasteiger partial charge is 0.218 e. The molecule has 1 aliphatic heterocycles. The summed E-state index contributed by atoms with van der Waals surface area (Å²) in [6.07, 6.45) is -2.53. The second-order valence-electron chi connectivity index (χ2n) is 2.33. The third-order valence-corrected chi connectivity index (χ3v) is 1.56. The van der Waals surface area contributed by atoms with Crippen molar-refractivity contribution in [1.29, 1.82) is 0 Å². The van der Waals surface area contributed by atoms with E-state index in [1.54, 1.807) is 0 Å². The van der Waals surface area contributed by atoms with Crippen LogP contribution >= 0.6 is 0 Å². The van der Waals surface area contributed by atoms with E-state index in [1.165, 1.54) is 0 Å². The molecule has 1 aliphatic rings. The van der Waals surface area contributed by atoms with Crippen LogP contribution in [-0.2, 0) is 4.74 Å². The molecule has 5 nitrogen and oxygen atoms in total. The second-order valence-corrected chi connectivity index (χ2v) is 2.33. The van der Waals surface area contributed by atoms with Gasteiger partial charge in [0.2, 0.25) is 5.79 Å². The zero-order chi connectivity index (χ0) is 7.78. The largest absolute Gasteiger partial charge is 0.391 e. The van der Waals surface area contributed by atoms with Crippen molar-refractivity contribution in [2.24, 2.45) is 0 Å². The van der Waals surface area contributed by atoms with Gasteiger partial charge in [-0.1, -0.05) is 0 Å². The molecule has 0 radical (unpaired) electrons. The van der Waals surface area contributed by atoms with Crippen LogP contribution in [0.5, 0.6) is 0 Å². The summed E-state index contributed by atoms with van der Waals surface area (Å²) in [5.41, 5.74) is 0. The van der Waals surface area contributed by atoms with E-state index in [0.29, 0.717) is 0 Å². The van der Waals surface area contributed by atoms with E-state index < -0.39 is 24.6 Å². The number of aliphatic hydroxyl groups is 4. The van der Waals surface area contributed by atoms with Crippen LogP contribution in [0.3, 0.4) is 0 Å². The van der Waals surface area contributed by atoms with E-state index in [4.69, 9.17) is 20.4 Å². The van der Waals surface area contributed by atoms with Gasteiger partial charge in [-0.3, -0.25) is 0 Å². The Labute approximate surface area is 57.5 Å². The van der Waals surface area contributed by atoms with Gasteiger partial charge in [0.15, 0.2) is 0 Å². The van der Waals surface area contributed by atoms with Crippen molar-refractivity contribution >= 4 is 0 Å². The highest BCUT2D eigenvalue weighted by Crippen LogP contribution is 2.22. The molecular weight excluding hydrogens is 140 g/mol. The van der Waals surface area contributed by atoms with Crippen molar-refractivity contribution in [2.75, 3.05) is 13.2 Å². The monoisotopic (exact) mass is 150 g/mol. The predicted octanol–water partition coefficient (Wildman–Crippen LogP) is -2.58. The molecular formula is C5H10O5. The van der Waals surface area contributed by atoms with Crippen LogP contribution in [-0.4, -0.2) is 51.6 Å². The molecule has 1 fully saturated rings. The zero-order valence-corrected chi connectivity index (χ0v) is 5.27. The molecule has 0 bridgehead atoms. The Bertz CT molecular complexity index is 127. The molecule has 4 N–H and O–H groups in total. The van der Waals surface area contributed by atoms with E-state index >= 15 is 0 Å². The third kappa shape index (κ3) is 1.02. The van der Waals surface area contributed by atoms with Crippen molar-refractivity contribution in [2.45, 2.75) is 18.0 Å². The van der Waals surface area contributed by atoms with Gasteiger partial charge in [-0.25, -0.2) is 0 Å². The van der Waals surface area contributed by atoms with Gasteiger partial charge in [0, 0.05) is 0 Å². The standard InChI is InChI=1S/C5H10O5/c6-2-5(9)4(8)3(7)1-10-5/h3-4,6-9H,1-2H2/t3?,4?,5-/m0/s1. The minimum absolute atomic E-state index is 0.155. The van der Waals surface area contributed by atoms with Crippen molar-refractivity contribution in [3.05, 3.63) is 0 Å². The van der Waals surface area contributed by atoms with Crippen LogP contribution in [0.25, 0.3) is 0 Å². The fourth-order valence-corrected chi connectivity index (χ4v) is 0.846. The van der Waals surface area contributed by atoms with Crippen LogP contribution in [0.4, 0.5) is 0 Å². The normalized spacial score (nSPS) is 48.0. The number of hydrogen-bond donors (Lipinski definition) is 4. The molecule has 3 atom stereocenters. The molecule has 0 aromatic rings. The molecule has 0 aromatic carbocycles. The summed E-state index contributed by atoms with van der Waals surface area (Å²) in [7, 11) is 0. The molecule has 0 spiro atoms. The Morgan fingerprint density at radius 1 is 1.50 bits per heavy atom. The summed E-state index contributed by atoms with van der Waals surface area (Å²) in [5, 5.41) is 35.3. The van der Waals surface area contributed by atoms with Crippen LogP contribution < -0.4 is 0 Å². The SMILES string of the molecule is OC[C@]1(O)OCC(O)C1O. The quantitative estimate of drug-likeness (QED) is 0.329. The molecule has 0 aliphatic carbocycles. The van der Waals surface area contributed by atoms with Gasteiger partial charge >= 0.3 is 0 Å². The van der Waals surface area contributed by atoms with Crippen LogP contribution in [0.2, 0.25) is 0 Å². The summed E-state index contributed by atoms with van der Waals surface area (Å²) in [5.74, 6) is -1.97. The van der Waals surface area contributed by atoms with Gasteiger partial charge in [-0.2, -0.15) is 0 Å². The Kier molecular flexibility index (Phi) is 1.93. The first-order chi connectivity index (χ1) is 4.60. The Balaban J connectivity index is 2.64. The second kappa shape index (κ2) is 2.44. The maximum atomic E-state index is 9.06. The number of rotatable bonds is 1. The average molecular weight is 150 g/mol. The van der Waals surface area contributed by atoms with E-state index in [-0.39, 0.29) is 6.61 Å². The Hall–Kier alpha value is -0.200. The van der Waals surface area contributed by atoms with Gasteiger partial charge < -0.3 is 25.2 Å². The first-order valence-corrected chi connectivity index (χ1v) is 2.93. The molecule has 1 heterocycles. The fraction of sp³-hybridized carbons (Fsp3) is 1.00. The summed E-state index contributed by atoms with van der Waals surface area (Å²) >= 11 is 0. The van der Waals surface area contributed by atoms with E-state index in [0.717, 1.165) is 0 Å². The zero-order valence-electron chi connectivity index (χ0n) is 5.27. The molecule has 0 saturated carbocycles. The van der Waals surface area contributed by atoms with Gasteiger partial charge in [-0.05, 0) is 0 Å². The van der Waals surface area contributed by atoms with E-state index in [2.05, 4.69) is 4.74 Å². The molecule has 1 saturated heterocycles. The van der Waals surface area contributed by atoms with Crippen LogP contribution in [0.1, 0.15) is 0 Å². The van der Waals surface area contributed by atoms with Gasteiger partial charge in [0.25, 0.3) is 0 Å². The van der Waals surface area contributed by atoms with Gasteiger partial charge in [0.1, 0.15) is 12.2 Å². The molecule has 1 rings (SSSR count). The van der Waals surface area contributed by atoms with Crippen LogP contribution in [0.15, 0.2) is 0 Å². The van der Waals surface area contributed by atoms with Crippen molar-refractivity contribution in [3.8, 4) is 0 Å². The van der Waals surface area contributed by atoms with Gasteiger partial charge in [0.05, 0.1) is 13.2 Å². The maximum Gasteiger partial charge on any atom is 0.218 e. The molecule has 5 heteroatoms. The Morgan fingerprint density at radius 2 is 2.10 bits per heavy atom. The fourth-order valence-electron chi connectivity index (χ4n) is 0.846. The lowest BCUT2D eigenvalue weighted by atomic mass is 10.1. The summed E-state index contributed by atoms with van der Waals surface area (Å²) in [4.78, 5) is 0. The van der Waals surface area contributed by atoms with Crippen molar-refractivity contribution in [3.63, 3.8) is 0 Å².